The van der Waals surface area contributed by atoms with Crippen LogP contribution in [-0.4, -0.2) is 23.4 Å². The van der Waals surface area contributed by atoms with Crippen molar-refractivity contribution >= 4 is 23.3 Å². The van der Waals surface area contributed by atoms with Crippen LogP contribution in [-0.2, 0) is 16.1 Å². The van der Waals surface area contributed by atoms with Gasteiger partial charge in [0.2, 0.25) is 6.61 Å². The van der Waals surface area contributed by atoms with Gasteiger partial charge in [-0.05, 0) is 24.6 Å². The summed E-state index contributed by atoms with van der Waals surface area (Å²) in [7, 11) is 0. The lowest BCUT2D eigenvalue weighted by atomic mass is 10.1. The van der Waals surface area contributed by atoms with Crippen LogP contribution in [0.1, 0.15) is 12.5 Å². The first-order chi connectivity index (χ1) is 7.58. The molecular weight excluding hydrogens is 230 g/mol. The highest BCUT2D eigenvalue weighted by molar-refractivity contribution is 6.30. The minimum absolute atomic E-state index is 0.419. The second kappa shape index (κ2) is 6.12. The third-order valence-corrected chi connectivity index (χ3v) is 2.03. The van der Waals surface area contributed by atoms with Crippen molar-refractivity contribution in [3.8, 4) is 0 Å². The molecule has 0 fully saturated rings. The minimum atomic E-state index is -1.04. The number of rotatable bonds is 5. The van der Waals surface area contributed by atoms with Crippen LogP contribution in [0.4, 0.5) is 0 Å². The van der Waals surface area contributed by atoms with Gasteiger partial charge in [-0.2, -0.15) is 0 Å². The molecule has 0 spiro atoms. The van der Waals surface area contributed by atoms with Gasteiger partial charge < -0.3 is 9.94 Å². The van der Waals surface area contributed by atoms with Gasteiger partial charge in [-0.25, -0.2) is 4.79 Å². The van der Waals surface area contributed by atoms with E-state index in [1.165, 1.54) is 0 Å². The Morgan fingerprint density at radius 3 is 2.62 bits per heavy atom. The van der Waals surface area contributed by atoms with Crippen LogP contribution in [0.5, 0.6) is 0 Å². The summed E-state index contributed by atoms with van der Waals surface area (Å²) in [5.74, 6) is -1.04. The van der Waals surface area contributed by atoms with Crippen molar-refractivity contribution in [2.75, 3.05) is 6.61 Å². The SMILES string of the molecule is C/C(Cc1ccc(Cl)cc1)=N/OCC(=O)O. The third kappa shape index (κ3) is 4.79. The molecule has 5 heteroatoms. The van der Waals surface area contributed by atoms with Crippen molar-refractivity contribution in [2.45, 2.75) is 13.3 Å². The molecule has 0 aromatic heterocycles. The van der Waals surface area contributed by atoms with Crippen LogP contribution in [0.15, 0.2) is 29.4 Å². The number of carbonyl (C=O) groups is 1. The summed E-state index contributed by atoms with van der Waals surface area (Å²) in [6, 6.07) is 7.36. The van der Waals surface area contributed by atoms with E-state index in [-0.39, 0.29) is 0 Å². The first kappa shape index (κ1) is 12.5. The Labute approximate surface area is 98.5 Å². The predicted octanol–water partition coefficient (Wildman–Crippen LogP) is 2.36. The summed E-state index contributed by atoms with van der Waals surface area (Å²) in [6.07, 6.45) is 0.608. The molecule has 0 saturated carbocycles. The van der Waals surface area contributed by atoms with Gasteiger partial charge in [0.25, 0.3) is 0 Å². The first-order valence-corrected chi connectivity index (χ1v) is 5.07. The van der Waals surface area contributed by atoms with Gasteiger partial charge in [0, 0.05) is 11.4 Å². The molecule has 0 aliphatic carbocycles. The number of hydrogen-bond donors (Lipinski definition) is 1. The molecule has 1 rings (SSSR count). The minimum Gasteiger partial charge on any atom is -0.479 e. The Hall–Kier alpha value is -1.55. The highest BCUT2D eigenvalue weighted by atomic mass is 35.5. The molecule has 1 N–H and O–H groups in total. The molecule has 0 bridgehead atoms. The molecule has 0 radical (unpaired) electrons. The Bertz CT molecular complexity index is 387. The molecule has 0 saturated heterocycles. The van der Waals surface area contributed by atoms with Crippen molar-refractivity contribution in [1.29, 1.82) is 0 Å². The number of halogens is 1. The van der Waals surface area contributed by atoms with E-state index < -0.39 is 12.6 Å². The van der Waals surface area contributed by atoms with Crippen LogP contribution in [0, 0.1) is 0 Å². The molecule has 0 atom stereocenters. The predicted molar refractivity (Wildman–Crippen MR) is 61.9 cm³/mol. The zero-order valence-corrected chi connectivity index (χ0v) is 9.57. The van der Waals surface area contributed by atoms with E-state index in [0.717, 1.165) is 5.56 Å². The summed E-state index contributed by atoms with van der Waals surface area (Å²) in [6.45, 7) is 1.36. The summed E-state index contributed by atoms with van der Waals surface area (Å²) in [5, 5.41) is 12.7. The zero-order valence-electron chi connectivity index (χ0n) is 8.81. The monoisotopic (exact) mass is 241 g/mol. The number of carboxylic acid groups (broad SMARTS) is 1. The number of oxime groups is 1. The first-order valence-electron chi connectivity index (χ1n) is 4.69. The van der Waals surface area contributed by atoms with Crippen molar-refractivity contribution < 1.29 is 14.7 Å². The molecule has 1 aromatic rings. The molecule has 0 aliphatic rings. The fraction of sp³-hybridized carbons (Fsp3) is 0.273. The second-order valence-electron chi connectivity index (χ2n) is 3.30. The van der Waals surface area contributed by atoms with Gasteiger partial charge in [0.05, 0.1) is 5.71 Å². The van der Waals surface area contributed by atoms with Gasteiger partial charge in [0.15, 0.2) is 0 Å². The Morgan fingerprint density at radius 2 is 2.06 bits per heavy atom. The molecule has 0 amide bonds. The zero-order chi connectivity index (χ0) is 12.0. The van der Waals surface area contributed by atoms with E-state index in [0.29, 0.717) is 17.2 Å². The largest absolute Gasteiger partial charge is 0.479 e. The van der Waals surface area contributed by atoms with Crippen molar-refractivity contribution in [3.63, 3.8) is 0 Å². The second-order valence-corrected chi connectivity index (χ2v) is 3.73. The quantitative estimate of drug-likeness (QED) is 0.636. The highest BCUT2D eigenvalue weighted by Crippen LogP contribution is 2.10. The summed E-state index contributed by atoms with van der Waals surface area (Å²) >= 11 is 5.75. The van der Waals surface area contributed by atoms with E-state index in [9.17, 15) is 4.79 Å². The van der Waals surface area contributed by atoms with Crippen molar-refractivity contribution in [3.05, 3.63) is 34.9 Å². The van der Waals surface area contributed by atoms with E-state index in [2.05, 4.69) is 9.99 Å². The lowest BCUT2D eigenvalue weighted by Crippen LogP contribution is -2.06. The van der Waals surface area contributed by atoms with Crippen LogP contribution < -0.4 is 0 Å². The average Bonchev–Trinajstić information content (AvgIpc) is 2.21. The van der Waals surface area contributed by atoms with Crippen LogP contribution >= 0.6 is 11.6 Å². The molecule has 0 unspecified atom stereocenters. The maximum absolute atomic E-state index is 10.2. The normalized spacial score (nSPS) is 11.2. The molecule has 0 aliphatic heterocycles. The molecule has 86 valence electrons. The standard InChI is InChI=1S/C11H12ClNO3/c1-8(13-16-7-11(14)15)6-9-2-4-10(12)5-3-9/h2-5H,6-7H2,1H3,(H,14,15)/b13-8-. The Kier molecular flexibility index (Phi) is 4.79. The third-order valence-electron chi connectivity index (χ3n) is 1.78. The number of benzene rings is 1. The van der Waals surface area contributed by atoms with E-state index >= 15 is 0 Å². The molecule has 16 heavy (non-hydrogen) atoms. The van der Waals surface area contributed by atoms with E-state index in [4.69, 9.17) is 16.7 Å². The molecule has 4 nitrogen and oxygen atoms in total. The topological polar surface area (TPSA) is 58.9 Å². The van der Waals surface area contributed by atoms with Gasteiger partial charge in [-0.3, -0.25) is 0 Å². The van der Waals surface area contributed by atoms with Gasteiger partial charge in [-0.15, -0.1) is 0 Å². The summed E-state index contributed by atoms with van der Waals surface area (Å²) < 4.78 is 0. The van der Waals surface area contributed by atoms with E-state index in [1.54, 1.807) is 19.1 Å². The fourth-order valence-corrected chi connectivity index (χ4v) is 1.25. The summed E-state index contributed by atoms with van der Waals surface area (Å²) in [4.78, 5) is 14.8. The average molecular weight is 242 g/mol. The van der Waals surface area contributed by atoms with Gasteiger partial charge >= 0.3 is 5.97 Å². The van der Waals surface area contributed by atoms with Crippen molar-refractivity contribution in [1.82, 2.24) is 0 Å². The maximum atomic E-state index is 10.2. The molecule has 1 aromatic carbocycles. The number of hydrogen-bond acceptors (Lipinski definition) is 3. The van der Waals surface area contributed by atoms with Gasteiger partial charge in [-0.1, -0.05) is 28.9 Å². The molecular formula is C11H12ClNO3. The smallest absolute Gasteiger partial charge is 0.344 e. The fourth-order valence-electron chi connectivity index (χ4n) is 1.13. The van der Waals surface area contributed by atoms with Crippen LogP contribution in [0.25, 0.3) is 0 Å². The molecule has 0 heterocycles. The maximum Gasteiger partial charge on any atom is 0.344 e. The number of aliphatic carboxylic acids is 1. The Balaban J connectivity index is 2.47. The number of nitrogens with zero attached hydrogens (tertiary/aromatic N) is 1. The lowest BCUT2D eigenvalue weighted by Gasteiger charge is -2.01. The van der Waals surface area contributed by atoms with Crippen LogP contribution in [0.2, 0.25) is 5.02 Å². The van der Waals surface area contributed by atoms with Crippen molar-refractivity contribution in [2.24, 2.45) is 5.16 Å². The summed E-state index contributed by atoms with van der Waals surface area (Å²) in [5.41, 5.74) is 1.76. The lowest BCUT2D eigenvalue weighted by molar-refractivity contribution is -0.142. The van der Waals surface area contributed by atoms with Crippen LogP contribution in [0.3, 0.4) is 0 Å². The highest BCUT2D eigenvalue weighted by Gasteiger charge is 1.99. The number of carboxylic acids is 1. The van der Waals surface area contributed by atoms with Gasteiger partial charge in [0.1, 0.15) is 0 Å². The van der Waals surface area contributed by atoms with E-state index in [1.807, 2.05) is 12.1 Å². The Morgan fingerprint density at radius 1 is 1.44 bits per heavy atom.